The highest BCUT2D eigenvalue weighted by atomic mass is 16.1. The number of amides is 1. The summed E-state index contributed by atoms with van der Waals surface area (Å²) < 4.78 is 2.09. The molecule has 1 aliphatic rings. The van der Waals surface area contributed by atoms with Crippen molar-refractivity contribution in [2.75, 3.05) is 13.6 Å². The molecule has 0 aliphatic carbocycles. The Kier molecular flexibility index (Phi) is 3.01. The minimum Gasteiger partial charge on any atom is -0.359 e. The second-order valence-corrected chi connectivity index (χ2v) is 3.68. The van der Waals surface area contributed by atoms with Gasteiger partial charge in [0.05, 0.1) is 12.0 Å². The molecule has 2 rings (SSSR count). The average Bonchev–Trinajstić information content (AvgIpc) is 2.69. The molecule has 2 N–H and O–H groups in total. The topological polar surface area (TPSA) is 59.0 Å². The van der Waals surface area contributed by atoms with Gasteiger partial charge in [0.25, 0.3) is 0 Å². The maximum Gasteiger partial charge on any atom is 0.221 e. The van der Waals surface area contributed by atoms with Gasteiger partial charge in [-0.3, -0.25) is 4.79 Å². The van der Waals surface area contributed by atoms with Gasteiger partial charge in [-0.05, 0) is 0 Å². The van der Waals surface area contributed by atoms with Gasteiger partial charge in [-0.15, -0.1) is 0 Å². The van der Waals surface area contributed by atoms with Gasteiger partial charge in [0.1, 0.15) is 0 Å². The minimum absolute atomic E-state index is 0.0754. The maximum atomic E-state index is 11.1. The normalized spacial score (nSPS) is 14.7. The van der Waals surface area contributed by atoms with Crippen molar-refractivity contribution in [2.24, 2.45) is 0 Å². The lowest BCUT2D eigenvalue weighted by Gasteiger charge is -2.14. The zero-order valence-electron chi connectivity index (χ0n) is 8.92. The van der Waals surface area contributed by atoms with Gasteiger partial charge in [0, 0.05) is 45.2 Å². The maximum absolute atomic E-state index is 11.1. The number of hydrogen-bond donors (Lipinski definition) is 2. The van der Waals surface area contributed by atoms with Crippen LogP contribution in [-0.4, -0.2) is 29.1 Å². The molecule has 1 aliphatic heterocycles. The Hall–Kier alpha value is -1.36. The summed E-state index contributed by atoms with van der Waals surface area (Å²) in [6.45, 7) is 2.57. The van der Waals surface area contributed by atoms with Crippen LogP contribution in [0.25, 0.3) is 0 Å². The molecule has 15 heavy (non-hydrogen) atoms. The predicted octanol–water partition coefficient (Wildman–Crippen LogP) is -0.335. The fourth-order valence-electron chi connectivity index (χ4n) is 1.84. The first kappa shape index (κ1) is 10.2. The number of rotatable bonds is 3. The molecule has 0 bridgehead atoms. The quantitative estimate of drug-likeness (QED) is 0.715. The average molecular weight is 208 g/mol. The van der Waals surface area contributed by atoms with Crippen LogP contribution in [-0.2, 0) is 24.3 Å². The molecule has 0 atom stereocenters. The number of nitrogens with one attached hydrogen (secondary N) is 2. The fraction of sp³-hybridized carbons (Fsp3) is 0.600. The summed E-state index contributed by atoms with van der Waals surface area (Å²) in [6, 6.07) is 0. The summed E-state index contributed by atoms with van der Waals surface area (Å²) in [5.41, 5.74) is 2.40. The Labute approximate surface area is 88.9 Å². The van der Waals surface area contributed by atoms with Crippen molar-refractivity contribution >= 4 is 5.91 Å². The van der Waals surface area contributed by atoms with E-state index in [-0.39, 0.29) is 5.91 Å². The van der Waals surface area contributed by atoms with Crippen LogP contribution in [0.3, 0.4) is 0 Å². The second kappa shape index (κ2) is 4.44. The van der Waals surface area contributed by atoms with Gasteiger partial charge < -0.3 is 15.2 Å². The summed E-state index contributed by atoms with van der Waals surface area (Å²) in [5.74, 6) is 0.0754. The molecule has 0 aromatic carbocycles. The number of aromatic nitrogens is 2. The molecule has 0 radical (unpaired) electrons. The second-order valence-electron chi connectivity index (χ2n) is 3.68. The van der Waals surface area contributed by atoms with E-state index in [1.807, 2.05) is 6.33 Å². The van der Waals surface area contributed by atoms with Crippen LogP contribution in [0.5, 0.6) is 0 Å². The Balaban J connectivity index is 2.02. The summed E-state index contributed by atoms with van der Waals surface area (Å²) in [4.78, 5) is 15.4. The van der Waals surface area contributed by atoms with Crippen LogP contribution in [0, 0.1) is 0 Å². The van der Waals surface area contributed by atoms with Crippen LogP contribution >= 0.6 is 0 Å². The summed E-state index contributed by atoms with van der Waals surface area (Å²) >= 11 is 0. The van der Waals surface area contributed by atoms with Gasteiger partial charge >= 0.3 is 0 Å². The zero-order chi connectivity index (χ0) is 10.7. The molecule has 82 valence electrons. The number of fused-ring (bicyclic) bond motifs is 1. The van der Waals surface area contributed by atoms with Crippen molar-refractivity contribution in [3.63, 3.8) is 0 Å². The largest absolute Gasteiger partial charge is 0.359 e. The van der Waals surface area contributed by atoms with Gasteiger partial charge in [0.15, 0.2) is 0 Å². The van der Waals surface area contributed by atoms with Crippen molar-refractivity contribution in [1.82, 2.24) is 20.2 Å². The standard InChI is InChI=1S/C10H16N4O/c1-11-10(15)3-5-14-7-13-8-6-12-4-2-9(8)14/h7,12H,2-6H2,1H3,(H,11,15). The molecule has 1 aromatic rings. The monoisotopic (exact) mass is 208 g/mol. The third kappa shape index (κ3) is 2.18. The van der Waals surface area contributed by atoms with Crippen molar-refractivity contribution in [3.8, 4) is 0 Å². The predicted molar refractivity (Wildman–Crippen MR) is 56.3 cm³/mol. The Morgan fingerprint density at radius 3 is 3.40 bits per heavy atom. The van der Waals surface area contributed by atoms with Crippen LogP contribution in [0.1, 0.15) is 17.8 Å². The highest BCUT2D eigenvalue weighted by Crippen LogP contribution is 2.12. The van der Waals surface area contributed by atoms with E-state index in [0.717, 1.165) is 31.7 Å². The van der Waals surface area contributed by atoms with Gasteiger partial charge in [-0.25, -0.2) is 4.98 Å². The van der Waals surface area contributed by atoms with Crippen LogP contribution < -0.4 is 10.6 Å². The van der Waals surface area contributed by atoms with E-state index in [9.17, 15) is 4.79 Å². The van der Waals surface area contributed by atoms with Crippen LogP contribution in [0.2, 0.25) is 0 Å². The van der Waals surface area contributed by atoms with Gasteiger partial charge in [-0.1, -0.05) is 0 Å². The van der Waals surface area contributed by atoms with E-state index >= 15 is 0 Å². The number of imidazole rings is 1. The van der Waals surface area contributed by atoms with E-state index in [4.69, 9.17) is 0 Å². The molecular weight excluding hydrogens is 192 g/mol. The molecular formula is C10H16N4O. The van der Waals surface area contributed by atoms with Gasteiger partial charge in [0.2, 0.25) is 5.91 Å². The van der Waals surface area contributed by atoms with Crippen molar-refractivity contribution in [2.45, 2.75) is 25.9 Å². The molecule has 0 unspecified atom stereocenters. The van der Waals surface area contributed by atoms with Crippen molar-refractivity contribution < 1.29 is 4.79 Å². The van der Waals surface area contributed by atoms with E-state index in [0.29, 0.717) is 6.42 Å². The Morgan fingerprint density at radius 2 is 2.60 bits per heavy atom. The molecule has 0 fully saturated rings. The van der Waals surface area contributed by atoms with Crippen molar-refractivity contribution in [1.29, 1.82) is 0 Å². The molecule has 0 spiro atoms. The fourth-order valence-corrected chi connectivity index (χ4v) is 1.84. The van der Waals surface area contributed by atoms with Crippen LogP contribution in [0.4, 0.5) is 0 Å². The highest BCUT2D eigenvalue weighted by molar-refractivity contribution is 5.75. The smallest absolute Gasteiger partial charge is 0.221 e. The zero-order valence-corrected chi connectivity index (χ0v) is 8.92. The lowest BCUT2D eigenvalue weighted by atomic mass is 10.2. The van der Waals surface area contributed by atoms with E-state index in [1.54, 1.807) is 7.05 Å². The first-order valence-corrected chi connectivity index (χ1v) is 5.25. The number of aryl methyl sites for hydroxylation is 1. The lowest BCUT2D eigenvalue weighted by molar-refractivity contribution is -0.120. The van der Waals surface area contributed by atoms with E-state index in [2.05, 4.69) is 20.2 Å². The lowest BCUT2D eigenvalue weighted by Crippen LogP contribution is -2.26. The molecule has 5 nitrogen and oxygen atoms in total. The summed E-state index contributed by atoms with van der Waals surface area (Å²) in [7, 11) is 1.66. The number of carbonyl (C=O) groups excluding carboxylic acids is 1. The van der Waals surface area contributed by atoms with E-state index in [1.165, 1.54) is 5.69 Å². The molecule has 2 heterocycles. The molecule has 0 saturated heterocycles. The Morgan fingerprint density at radius 1 is 1.73 bits per heavy atom. The number of nitrogens with zero attached hydrogens (tertiary/aromatic N) is 2. The van der Waals surface area contributed by atoms with Crippen LogP contribution in [0.15, 0.2) is 6.33 Å². The number of carbonyl (C=O) groups is 1. The summed E-state index contributed by atoms with van der Waals surface area (Å²) in [5, 5.41) is 5.90. The number of hydrogen-bond acceptors (Lipinski definition) is 3. The molecule has 0 saturated carbocycles. The third-order valence-corrected chi connectivity index (χ3v) is 2.72. The third-order valence-electron chi connectivity index (χ3n) is 2.72. The summed E-state index contributed by atoms with van der Waals surface area (Å²) in [6.07, 6.45) is 3.36. The first-order valence-electron chi connectivity index (χ1n) is 5.25. The van der Waals surface area contributed by atoms with Crippen molar-refractivity contribution in [3.05, 3.63) is 17.7 Å². The molecule has 1 aromatic heterocycles. The minimum atomic E-state index is 0.0754. The van der Waals surface area contributed by atoms with Gasteiger partial charge in [-0.2, -0.15) is 0 Å². The first-order chi connectivity index (χ1) is 7.31. The molecule has 5 heteroatoms. The van der Waals surface area contributed by atoms with E-state index < -0.39 is 0 Å². The SMILES string of the molecule is CNC(=O)CCn1cnc2c1CCNC2. The molecule has 1 amide bonds. The highest BCUT2D eigenvalue weighted by Gasteiger charge is 2.14. The Bertz CT molecular complexity index is 358.